The molecule has 466 valence electrons. The molecule has 0 heterocycles. The number of esters is 3. The maximum absolute atomic E-state index is 12.9. The maximum Gasteiger partial charge on any atom is 0.306 e. The summed E-state index contributed by atoms with van der Waals surface area (Å²) in [6, 6.07) is 0. The molecule has 0 saturated heterocycles. The van der Waals surface area contributed by atoms with Crippen LogP contribution in [0.15, 0.2) is 24.3 Å². The van der Waals surface area contributed by atoms with Gasteiger partial charge in [0.1, 0.15) is 13.2 Å². The molecule has 0 amide bonds. The molecule has 0 spiro atoms. The van der Waals surface area contributed by atoms with Gasteiger partial charge in [0, 0.05) is 19.3 Å². The topological polar surface area (TPSA) is 78.9 Å². The molecule has 0 bridgehead atoms. The predicted octanol–water partition coefficient (Wildman–Crippen LogP) is 24.6. The zero-order valence-corrected chi connectivity index (χ0v) is 53.7. The lowest BCUT2D eigenvalue weighted by Gasteiger charge is -2.18. The molecule has 0 aliphatic heterocycles. The van der Waals surface area contributed by atoms with Crippen LogP contribution in [0.25, 0.3) is 0 Å². The van der Waals surface area contributed by atoms with Gasteiger partial charge >= 0.3 is 17.9 Å². The van der Waals surface area contributed by atoms with Crippen LogP contribution in [-0.2, 0) is 28.6 Å². The standard InChI is InChI=1S/C73H138O6/c1-4-7-10-13-16-19-22-25-28-30-32-33-34-35-36-37-38-39-41-42-45-48-51-54-57-60-63-66-72(75)78-69-70(68-77-71(74)65-62-59-56-53-50-47-44-27-24-21-18-15-12-9-6-3)79-73(76)67-64-61-58-55-52-49-46-43-40-31-29-26-23-20-17-14-11-8-5-2/h18,21,27,44,70H,4-17,19-20,22-26,28-43,45-69H2,1-3H3/b21-18-,44-27-. The van der Waals surface area contributed by atoms with Crippen molar-refractivity contribution in [2.75, 3.05) is 13.2 Å². The summed E-state index contributed by atoms with van der Waals surface area (Å²) >= 11 is 0. The van der Waals surface area contributed by atoms with Gasteiger partial charge in [0.2, 0.25) is 0 Å². The highest BCUT2D eigenvalue weighted by molar-refractivity contribution is 5.71. The van der Waals surface area contributed by atoms with Crippen LogP contribution < -0.4 is 0 Å². The van der Waals surface area contributed by atoms with Gasteiger partial charge in [0.15, 0.2) is 6.10 Å². The highest BCUT2D eigenvalue weighted by Gasteiger charge is 2.19. The van der Waals surface area contributed by atoms with E-state index in [0.29, 0.717) is 19.3 Å². The van der Waals surface area contributed by atoms with Gasteiger partial charge in [-0.15, -0.1) is 0 Å². The zero-order valence-electron chi connectivity index (χ0n) is 53.7. The Morgan fingerprint density at radius 2 is 0.456 bits per heavy atom. The molecule has 0 fully saturated rings. The number of carbonyl (C=O) groups excluding carboxylic acids is 3. The minimum Gasteiger partial charge on any atom is -0.462 e. The molecule has 0 radical (unpaired) electrons. The van der Waals surface area contributed by atoms with Crippen LogP contribution in [0.2, 0.25) is 0 Å². The Balaban J connectivity index is 4.22. The number of ether oxygens (including phenoxy) is 3. The van der Waals surface area contributed by atoms with Crippen LogP contribution in [0.5, 0.6) is 0 Å². The molecule has 0 aromatic heterocycles. The summed E-state index contributed by atoms with van der Waals surface area (Å²) in [6.07, 6.45) is 83.6. The molecule has 0 saturated carbocycles. The van der Waals surface area contributed by atoms with Gasteiger partial charge in [-0.2, -0.15) is 0 Å². The van der Waals surface area contributed by atoms with Gasteiger partial charge in [0.25, 0.3) is 0 Å². The highest BCUT2D eigenvalue weighted by atomic mass is 16.6. The molecule has 0 aromatic rings. The second-order valence-electron chi connectivity index (χ2n) is 24.5. The van der Waals surface area contributed by atoms with Crippen molar-refractivity contribution in [1.82, 2.24) is 0 Å². The van der Waals surface area contributed by atoms with E-state index in [1.165, 1.54) is 289 Å². The number of allylic oxidation sites excluding steroid dienone is 4. The molecule has 0 aliphatic rings. The van der Waals surface area contributed by atoms with Crippen molar-refractivity contribution in [2.45, 2.75) is 412 Å². The van der Waals surface area contributed by atoms with E-state index in [-0.39, 0.29) is 31.1 Å². The summed E-state index contributed by atoms with van der Waals surface area (Å²) in [7, 11) is 0. The highest BCUT2D eigenvalue weighted by Crippen LogP contribution is 2.19. The maximum atomic E-state index is 12.9. The van der Waals surface area contributed by atoms with Gasteiger partial charge in [-0.1, -0.05) is 360 Å². The molecule has 79 heavy (non-hydrogen) atoms. The normalized spacial score (nSPS) is 12.1. The van der Waals surface area contributed by atoms with Crippen LogP contribution in [0, 0.1) is 0 Å². The van der Waals surface area contributed by atoms with Gasteiger partial charge in [0.05, 0.1) is 0 Å². The molecule has 0 rings (SSSR count). The molecular weight excluding hydrogens is 973 g/mol. The minimum atomic E-state index is -0.774. The third-order valence-electron chi connectivity index (χ3n) is 16.5. The van der Waals surface area contributed by atoms with Crippen molar-refractivity contribution >= 4 is 17.9 Å². The van der Waals surface area contributed by atoms with Crippen molar-refractivity contribution in [2.24, 2.45) is 0 Å². The van der Waals surface area contributed by atoms with Gasteiger partial charge in [-0.25, -0.2) is 0 Å². The van der Waals surface area contributed by atoms with Gasteiger partial charge < -0.3 is 14.2 Å². The number of rotatable bonds is 67. The molecule has 1 atom stereocenters. The van der Waals surface area contributed by atoms with E-state index in [9.17, 15) is 14.4 Å². The first kappa shape index (κ1) is 76.9. The van der Waals surface area contributed by atoms with Crippen LogP contribution in [0.1, 0.15) is 406 Å². The molecule has 1 unspecified atom stereocenters. The lowest BCUT2D eigenvalue weighted by atomic mass is 10.0. The van der Waals surface area contributed by atoms with Crippen molar-refractivity contribution < 1.29 is 28.6 Å². The molecule has 6 nitrogen and oxygen atoms in total. The average Bonchev–Trinajstić information content (AvgIpc) is 3.45. The van der Waals surface area contributed by atoms with Crippen LogP contribution >= 0.6 is 0 Å². The Bertz CT molecular complexity index is 1270. The second kappa shape index (κ2) is 68.4. The number of hydrogen-bond acceptors (Lipinski definition) is 6. The SMILES string of the molecule is CCCCC/C=C\C/C=C\CCCCCCCC(=O)OCC(COC(=O)CCCCCCCCCCCCCCCCCCCCCCCCCCCCC)OC(=O)CCCCCCCCCCCCCCCCCCCCC. The molecule has 0 aliphatic carbocycles. The summed E-state index contributed by atoms with van der Waals surface area (Å²) in [5.74, 6) is -0.850. The summed E-state index contributed by atoms with van der Waals surface area (Å²) < 4.78 is 17.0. The van der Waals surface area contributed by atoms with E-state index in [1.54, 1.807) is 0 Å². The zero-order chi connectivity index (χ0) is 57.1. The number of carbonyl (C=O) groups is 3. The summed E-state index contributed by atoms with van der Waals surface area (Å²) in [4.78, 5) is 38.4. The minimum absolute atomic E-state index is 0.0692. The molecule has 6 heteroatoms. The first-order valence-electron chi connectivity index (χ1n) is 35.8. The second-order valence-corrected chi connectivity index (χ2v) is 24.5. The van der Waals surface area contributed by atoms with Crippen molar-refractivity contribution in [3.63, 3.8) is 0 Å². The first-order valence-corrected chi connectivity index (χ1v) is 35.8. The van der Waals surface area contributed by atoms with Gasteiger partial charge in [-0.3, -0.25) is 14.4 Å². The third-order valence-corrected chi connectivity index (χ3v) is 16.5. The molecular formula is C73H138O6. The summed E-state index contributed by atoms with van der Waals surface area (Å²) in [6.45, 7) is 6.69. The fourth-order valence-electron chi connectivity index (χ4n) is 11.1. The van der Waals surface area contributed by atoms with E-state index in [4.69, 9.17) is 14.2 Å². The molecule has 0 aromatic carbocycles. The quantitative estimate of drug-likeness (QED) is 0.0261. The first-order chi connectivity index (χ1) is 39.0. The van der Waals surface area contributed by atoms with Crippen LogP contribution in [0.3, 0.4) is 0 Å². The summed E-state index contributed by atoms with van der Waals surface area (Å²) in [5.41, 5.74) is 0. The Kier molecular flexibility index (Phi) is 66.6. The Hall–Kier alpha value is -2.11. The number of unbranched alkanes of at least 4 members (excludes halogenated alkanes) is 52. The fraction of sp³-hybridized carbons (Fsp3) is 0.904. The lowest BCUT2D eigenvalue weighted by Crippen LogP contribution is -2.30. The van der Waals surface area contributed by atoms with Crippen molar-refractivity contribution in [1.29, 1.82) is 0 Å². The van der Waals surface area contributed by atoms with Crippen LogP contribution in [-0.4, -0.2) is 37.2 Å². The monoisotopic (exact) mass is 1110 g/mol. The van der Waals surface area contributed by atoms with E-state index in [0.717, 1.165) is 77.0 Å². The smallest absolute Gasteiger partial charge is 0.306 e. The van der Waals surface area contributed by atoms with E-state index >= 15 is 0 Å². The van der Waals surface area contributed by atoms with Gasteiger partial charge in [-0.05, 0) is 51.4 Å². The average molecular weight is 1110 g/mol. The Labute approximate surface area is 493 Å². The Morgan fingerprint density at radius 1 is 0.253 bits per heavy atom. The van der Waals surface area contributed by atoms with E-state index in [2.05, 4.69) is 45.1 Å². The van der Waals surface area contributed by atoms with E-state index in [1.807, 2.05) is 0 Å². The largest absolute Gasteiger partial charge is 0.462 e. The fourth-order valence-corrected chi connectivity index (χ4v) is 11.1. The number of hydrogen-bond donors (Lipinski definition) is 0. The predicted molar refractivity (Wildman–Crippen MR) is 344 cm³/mol. The Morgan fingerprint density at radius 3 is 0.722 bits per heavy atom. The lowest BCUT2D eigenvalue weighted by molar-refractivity contribution is -0.167. The summed E-state index contributed by atoms with van der Waals surface area (Å²) in [5, 5.41) is 0. The van der Waals surface area contributed by atoms with Crippen LogP contribution in [0.4, 0.5) is 0 Å². The third kappa shape index (κ3) is 66.6. The van der Waals surface area contributed by atoms with Crippen molar-refractivity contribution in [3.05, 3.63) is 24.3 Å². The molecule has 0 N–H and O–H groups in total. The van der Waals surface area contributed by atoms with E-state index < -0.39 is 6.10 Å². The van der Waals surface area contributed by atoms with Crippen molar-refractivity contribution in [3.8, 4) is 0 Å².